The van der Waals surface area contributed by atoms with Gasteiger partial charge in [-0.2, -0.15) is 0 Å². The molecule has 1 aliphatic rings. The van der Waals surface area contributed by atoms with E-state index in [4.69, 9.17) is 0 Å². The van der Waals surface area contributed by atoms with Crippen LogP contribution in [0.2, 0.25) is 0 Å². The normalized spacial score (nSPS) is 16.1. The van der Waals surface area contributed by atoms with E-state index in [0.717, 1.165) is 40.1 Å². The van der Waals surface area contributed by atoms with E-state index >= 15 is 0 Å². The lowest BCUT2D eigenvalue weighted by Gasteiger charge is -2.17. The van der Waals surface area contributed by atoms with Crippen LogP contribution in [0.3, 0.4) is 0 Å². The zero-order chi connectivity index (χ0) is 19.7. The van der Waals surface area contributed by atoms with Crippen LogP contribution in [0.5, 0.6) is 0 Å². The molecule has 0 spiro atoms. The number of para-hydroxylation sites is 1. The van der Waals surface area contributed by atoms with Crippen LogP contribution in [0.15, 0.2) is 40.3 Å². The first-order chi connectivity index (χ1) is 13.6. The molecule has 1 aliphatic carbocycles. The van der Waals surface area contributed by atoms with E-state index in [2.05, 4.69) is 17.2 Å². The molecule has 1 unspecified atom stereocenters. The fraction of sp³-hybridized carbons (Fsp3) is 0.381. The Kier molecular flexibility index (Phi) is 5.55. The van der Waals surface area contributed by atoms with Gasteiger partial charge >= 0.3 is 0 Å². The maximum Gasteiger partial charge on any atom is 0.262 e. The standard InChI is InChI=1S/C21H23N3O2S2/c1-13-7-8-14-17(11-13)28-20-19(14)21(26)24(12-22-20)10-9-18(25)23-15-5-3-4-6-16(15)27-2/h3-6,12-13H,7-11H2,1-2H3,(H,23,25). The number of hydrogen-bond donors (Lipinski definition) is 1. The number of nitrogens with zero attached hydrogens (tertiary/aromatic N) is 2. The average molecular weight is 414 g/mol. The van der Waals surface area contributed by atoms with Gasteiger partial charge in [-0.15, -0.1) is 23.1 Å². The molecule has 1 atom stereocenters. The number of aryl methyl sites for hydroxylation is 2. The smallest absolute Gasteiger partial charge is 0.262 e. The van der Waals surface area contributed by atoms with E-state index in [1.807, 2.05) is 30.5 Å². The van der Waals surface area contributed by atoms with Crippen LogP contribution in [0.4, 0.5) is 5.69 Å². The van der Waals surface area contributed by atoms with Gasteiger partial charge in [0.2, 0.25) is 5.91 Å². The molecule has 28 heavy (non-hydrogen) atoms. The van der Waals surface area contributed by atoms with Crippen LogP contribution in [0.25, 0.3) is 10.2 Å². The molecule has 7 heteroatoms. The molecule has 146 valence electrons. The van der Waals surface area contributed by atoms with Gasteiger partial charge < -0.3 is 5.32 Å². The molecular weight excluding hydrogens is 390 g/mol. The zero-order valence-electron chi connectivity index (χ0n) is 16.0. The maximum absolute atomic E-state index is 13.0. The van der Waals surface area contributed by atoms with Crippen molar-refractivity contribution in [2.45, 2.75) is 44.0 Å². The Morgan fingerprint density at radius 3 is 3.04 bits per heavy atom. The van der Waals surface area contributed by atoms with Gasteiger partial charge in [0.25, 0.3) is 5.56 Å². The number of anilines is 1. The summed E-state index contributed by atoms with van der Waals surface area (Å²) in [6.45, 7) is 2.59. The second-order valence-corrected chi connectivity index (χ2v) is 9.21. The van der Waals surface area contributed by atoms with Gasteiger partial charge in [0.15, 0.2) is 0 Å². The summed E-state index contributed by atoms with van der Waals surface area (Å²) in [4.78, 5) is 33.1. The largest absolute Gasteiger partial charge is 0.325 e. The number of fused-ring (bicyclic) bond motifs is 3. The highest BCUT2D eigenvalue weighted by Gasteiger charge is 2.23. The second-order valence-electron chi connectivity index (χ2n) is 7.27. The van der Waals surface area contributed by atoms with Gasteiger partial charge in [-0.3, -0.25) is 14.2 Å². The van der Waals surface area contributed by atoms with E-state index in [9.17, 15) is 9.59 Å². The maximum atomic E-state index is 13.0. The van der Waals surface area contributed by atoms with Gasteiger partial charge in [0, 0.05) is 22.7 Å². The van der Waals surface area contributed by atoms with E-state index in [0.29, 0.717) is 12.5 Å². The molecule has 5 nitrogen and oxygen atoms in total. The Bertz CT molecular complexity index is 1090. The molecule has 0 radical (unpaired) electrons. The predicted molar refractivity (Wildman–Crippen MR) is 117 cm³/mol. The van der Waals surface area contributed by atoms with Crippen molar-refractivity contribution in [3.05, 3.63) is 51.4 Å². The molecule has 1 amide bonds. The van der Waals surface area contributed by atoms with Crippen molar-refractivity contribution in [1.29, 1.82) is 0 Å². The highest BCUT2D eigenvalue weighted by atomic mass is 32.2. The lowest BCUT2D eigenvalue weighted by molar-refractivity contribution is -0.116. The van der Waals surface area contributed by atoms with Crippen molar-refractivity contribution in [2.24, 2.45) is 5.92 Å². The fourth-order valence-corrected chi connectivity index (χ4v) is 5.60. The molecule has 0 bridgehead atoms. The third-order valence-corrected chi connectivity index (χ3v) is 7.20. The van der Waals surface area contributed by atoms with Crippen molar-refractivity contribution in [3.8, 4) is 0 Å². The zero-order valence-corrected chi connectivity index (χ0v) is 17.7. The van der Waals surface area contributed by atoms with Crippen LogP contribution >= 0.6 is 23.1 Å². The molecule has 4 rings (SSSR count). The van der Waals surface area contributed by atoms with Gasteiger partial charge in [-0.1, -0.05) is 19.1 Å². The lowest BCUT2D eigenvalue weighted by Crippen LogP contribution is -2.24. The summed E-state index contributed by atoms with van der Waals surface area (Å²) in [5, 5.41) is 3.71. The summed E-state index contributed by atoms with van der Waals surface area (Å²) >= 11 is 3.24. The van der Waals surface area contributed by atoms with Gasteiger partial charge in [-0.25, -0.2) is 4.98 Å². The van der Waals surface area contributed by atoms with Gasteiger partial charge in [0.05, 0.1) is 17.4 Å². The number of rotatable bonds is 5. The second kappa shape index (κ2) is 8.09. The van der Waals surface area contributed by atoms with Crippen LogP contribution in [0.1, 0.15) is 30.2 Å². The summed E-state index contributed by atoms with van der Waals surface area (Å²) in [5.41, 5.74) is 1.97. The quantitative estimate of drug-likeness (QED) is 0.632. The third kappa shape index (κ3) is 3.73. The number of carbonyl (C=O) groups excluding carboxylic acids is 1. The number of hydrogen-bond acceptors (Lipinski definition) is 5. The predicted octanol–water partition coefficient (Wildman–Crippen LogP) is 4.33. The minimum Gasteiger partial charge on any atom is -0.325 e. The first-order valence-electron chi connectivity index (χ1n) is 9.49. The Balaban J connectivity index is 1.51. The Morgan fingerprint density at radius 1 is 1.39 bits per heavy atom. The van der Waals surface area contributed by atoms with Crippen LogP contribution in [-0.4, -0.2) is 21.7 Å². The van der Waals surface area contributed by atoms with Crippen molar-refractivity contribution in [1.82, 2.24) is 9.55 Å². The highest BCUT2D eigenvalue weighted by molar-refractivity contribution is 7.98. The number of thiophene rings is 1. The summed E-state index contributed by atoms with van der Waals surface area (Å²) in [5.74, 6) is 0.560. The Labute approximate surface area is 172 Å². The molecule has 0 saturated heterocycles. The summed E-state index contributed by atoms with van der Waals surface area (Å²) in [6.07, 6.45) is 6.90. The minimum atomic E-state index is -0.102. The fourth-order valence-electron chi connectivity index (χ4n) is 3.71. The molecule has 1 N–H and O–H groups in total. The van der Waals surface area contributed by atoms with Crippen LogP contribution < -0.4 is 10.9 Å². The van der Waals surface area contributed by atoms with Crippen molar-refractivity contribution >= 4 is 44.9 Å². The molecular formula is C21H23N3O2S2. The first kappa shape index (κ1) is 19.2. The van der Waals surface area contributed by atoms with Gasteiger partial charge in [-0.05, 0) is 49.1 Å². The minimum absolute atomic E-state index is 0.0191. The number of nitrogens with one attached hydrogen (secondary N) is 1. The summed E-state index contributed by atoms with van der Waals surface area (Å²) in [7, 11) is 0. The number of thioether (sulfide) groups is 1. The van der Waals surface area contributed by atoms with Crippen molar-refractivity contribution in [3.63, 3.8) is 0 Å². The van der Waals surface area contributed by atoms with Crippen LogP contribution in [-0.2, 0) is 24.2 Å². The number of aromatic nitrogens is 2. The first-order valence-corrected chi connectivity index (χ1v) is 11.5. The SMILES string of the molecule is CSc1ccccc1NC(=O)CCn1cnc2sc3c(c2c1=O)CCC(C)C3. The van der Waals surface area contributed by atoms with E-state index in [1.165, 1.54) is 10.4 Å². The number of benzene rings is 1. The van der Waals surface area contributed by atoms with Crippen LogP contribution in [0, 0.1) is 5.92 Å². The van der Waals surface area contributed by atoms with E-state index in [-0.39, 0.29) is 17.9 Å². The molecule has 2 heterocycles. The highest BCUT2D eigenvalue weighted by Crippen LogP contribution is 2.35. The van der Waals surface area contributed by atoms with E-state index < -0.39 is 0 Å². The van der Waals surface area contributed by atoms with Crippen molar-refractivity contribution < 1.29 is 4.79 Å². The summed E-state index contributed by atoms with van der Waals surface area (Å²) < 4.78 is 1.58. The number of carbonyl (C=O) groups is 1. The van der Waals surface area contributed by atoms with E-state index in [1.54, 1.807) is 34.0 Å². The Morgan fingerprint density at radius 2 is 2.21 bits per heavy atom. The molecule has 0 fully saturated rings. The molecule has 1 aromatic carbocycles. The third-order valence-electron chi connectivity index (χ3n) is 5.24. The Hall–Kier alpha value is -2.12. The average Bonchev–Trinajstić information content (AvgIpc) is 3.06. The molecule has 0 saturated carbocycles. The summed E-state index contributed by atoms with van der Waals surface area (Å²) in [6, 6.07) is 7.72. The van der Waals surface area contributed by atoms with Crippen molar-refractivity contribution in [2.75, 3.05) is 11.6 Å². The number of amides is 1. The van der Waals surface area contributed by atoms with Gasteiger partial charge in [0.1, 0.15) is 4.83 Å². The monoisotopic (exact) mass is 413 g/mol. The molecule has 2 aromatic heterocycles. The molecule has 3 aromatic rings. The lowest BCUT2D eigenvalue weighted by atomic mass is 9.89. The molecule has 0 aliphatic heterocycles. The topological polar surface area (TPSA) is 64.0 Å².